The zero-order valence-electron chi connectivity index (χ0n) is 6.82. The standard InChI is InChI=1S/C9H17N/c1-4-6-7-9(3)10-8-5-2/h5,10H,2-4,6-8H2,1H3. The molecular weight excluding hydrogens is 122 g/mol. The molecule has 10 heavy (non-hydrogen) atoms. The molecule has 1 heteroatoms. The van der Waals surface area contributed by atoms with Crippen LogP contribution >= 0.6 is 0 Å². The Bertz CT molecular complexity index is 105. The van der Waals surface area contributed by atoms with E-state index in [4.69, 9.17) is 0 Å². The van der Waals surface area contributed by atoms with Crippen molar-refractivity contribution in [3.8, 4) is 0 Å². The lowest BCUT2D eigenvalue weighted by Gasteiger charge is -2.04. The monoisotopic (exact) mass is 139 g/mol. The van der Waals surface area contributed by atoms with E-state index >= 15 is 0 Å². The van der Waals surface area contributed by atoms with Gasteiger partial charge in [0.15, 0.2) is 0 Å². The number of nitrogens with one attached hydrogen (secondary N) is 1. The highest BCUT2D eigenvalue weighted by Gasteiger charge is 1.88. The van der Waals surface area contributed by atoms with Crippen LogP contribution < -0.4 is 5.32 Å². The Balaban J connectivity index is 3.16. The highest BCUT2D eigenvalue weighted by atomic mass is 14.9. The largest absolute Gasteiger partial charge is 0.385 e. The Morgan fingerprint density at radius 2 is 2.30 bits per heavy atom. The molecule has 1 nitrogen and oxygen atoms in total. The van der Waals surface area contributed by atoms with Crippen molar-refractivity contribution in [2.75, 3.05) is 6.54 Å². The number of hydrogen-bond acceptors (Lipinski definition) is 1. The van der Waals surface area contributed by atoms with E-state index in [0.717, 1.165) is 18.7 Å². The molecule has 0 aliphatic carbocycles. The fourth-order valence-corrected chi connectivity index (χ4v) is 0.695. The van der Waals surface area contributed by atoms with E-state index in [0.29, 0.717) is 0 Å². The summed E-state index contributed by atoms with van der Waals surface area (Å²) in [7, 11) is 0. The summed E-state index contributed by atoms with van der Waals surface area (Å²) in [5.74, 6) is 0. The predicted octanol–water partition coefficient (Wildman–Crippen LogP) is 2.47. The topological polar surface area (TPSA) is 12.0 Å². The van der Waals surface area contributed by atoms with E-state index in [9.17, 15) is 0 Å². The molecule has 0 aromatic carbocycles. The molecule has 0 aromatic heterocycles. The highest BCUT2D eigenvalue weighted by molar-refractivity contribution is 4.92. The molecule has 0 rings (SSSR count). The minimum absolute atomic E-state index is 0.836. The zero-order valence-corrected chi connectivity index (χ0v) is 6.82. The molecule has 0 bridgehead atoms. The van der Waals surface area contributed by atoms with Crippen LogP contribution in [0, 0.1) is 0 Å². The molecule has 0 atom stereocenters. The van der Waals surface area contributed by atoms with Crippen LogP contribution in [0.3, 0.4) is 0 Å². The molecule has 0 aromatic rings. The van der Waals surface area contributed by atoms with Gasteiger partial charge in [0.05, 0.1) is 0 Å². The van der Waals surface area contributed by atoms with Gasteiger partial charge in [-0.1, -0.05) is 26.0 Å². The third-order valence-electron chi connectivity index (χ3n) is 1.33. The maximum Gasteiger partial charge on any atom is 0.0325 e. The first-order valence-electron chi connectivity index (χ1n) is 3.83. The van der Waals surface area contributed by atoms with Gasteiger partial charge in [0.2, 0.25) is 0 Å². The molecule has 0 unspecified atom stereocenters. The van der Waals surface area contributed by atoms with Crippen LogP contribution in [0.4, 0.5) is 0 Å². The minimum Gasteiger partial charge on any atom is -0.385 e. The summed E-state index contributed by atoms with van der Waals surface area (Å²) in [6.45, 7) is 10.5. The normalized spacial score (nSPS) is 8.90. The van der Waals surface area contributed by atoms with Crippen molar-refractivity contribution in [3.05, 3.63) is 24.9 Å². The van der Waals surface area contributed by atoms with Crippen LogP contribution in [-0.4, -0.2) is 6.54 Å². The average Bonchev–Trinajstić information content (AvgIpc) is 1.97. The van der Waals surface area contributed by atoms with Crippen LogP contribution in [0.2, 0.25) is 0 Å². The molecule has 0 spiro atoms. The molecule has 0 aliphatic heterocycles. The van der Waals surface area contributed by atoms with Gasteiger partial charge in [-0.3, -0.25) is 0 Å². The molecule has 0 amide bonds. The lowest BCUT2D eigenvalue weighted by atomic mass is 10.2. The fourth-order valence-electron chi connectivity index (χ4n) is 0.695. The lowest BCUT2D eigenvalue weighted by Crippen LogP contribution is -2.11. The summed E-state index contributed by atoms with van der Waals surface area (Å²) in [6, 6.07) is 0. The Labute approximate surface area is 63.8 Å². The summed E-state index contributed by atoms with van der Waals surface area (Å²) in [5, 5.41) is 3.15. The summed E-state index contributed by atoms with van der Waals surface area (Å²) in [6.07, 6.45) is 5.39. The number of rotatable bonds is 6. The molecule has 0 saturated heterocycles. The van der Waals surface area contributed by atoms with E-state index in [1.165, 1.54) is 12.8 Å². The molecular formula is C9H17N. The smallest absolute Gasteiger partial charge is 0.0325 e. The van der Waals surface area contributed by atoms with E-state index < -0.39 is 0 Å². The first-order chi connectivity index (χ1) is 4.81. The SMILES string of the molecule is C=CCNC(=C)CCCC. The van der Waals surface area contributed by atoms with Crippen molar-refractivity contribution in [1.82, 2.24) is 5.32 Å². The second kappa shape index (κ2) is 6.40. The number of allylic oxidation sites excluding steroid dienone is 1. The van der Waals surface area contributed by atoms with Gasteiger partial charge in [-0.05, 0) is 12.8 Å². The quantitative estimate of drug-likeness (QED) is 0.557. The van der Waals surface area contributed by atoms with Gasteiger partial charge in [-0.15, -0.1) is 6.58 Å². The Hall–Kier alpha value is -0.720. The van der Waals surface area contributed by atoms with Crippen molar-refractivity contribution in [2.24, 2.45) is 0 Å². The van der Waals surface area contributed by atoms with Gasteiger partial charge in [0.1, 0.15) is 0 Å². The predicted molar refractivity (Wildman–Crippen MR) is 46.9 cm³/mol. The number of hydrogen-bond donors (Lipinski definition) is 1. The second-order valence-electron chi connectivity index (χ2n) is 2.38. The third kappa shape index (κ3) is 5.42. The van der Waals surface area contributed by atoms with E-state index in [1.54, 1.807) is 0 Å². The van der Waals surface area contributed by atoms with Crippen LogP contribution in [0.1, 0.15) is 26.2 Å². The lowest BCUT2D eigenvalue weighted by molar-refractivity contribution is 0.731. The molecule has 1 N–H and O–H groups in total. The first kappa shape index (κ1) is 9.28. The van der Waals surface area contributed by atoms with E-state index in [1.807, 2.05) is 6.08 Å². The molecule has 0 saturated carbocycles. The fraction of sp³-hybridized carbons (Fsp3) is 0.556. The first-order valence-corrected chi connectivity index (χ1v) is 3.83. The number of unbranched alkanes of at least 4 members (excludes halogenated alkanes) is 1. The maximum absolute atomic E-state index is 3.87. The summed E-state index contributed by atoms with van der Waals surface area (Å²) >= 11 is 0. The zero-order chi connectivity index (χ0) is 7.82. The van der Waals surface area contributed by atoms with E-state index in [2.05, 4.69) is 25.4 Å². The van der Waals surface area contributed by atoms with Gasteiger partial charge < -0.3 is 5.32 Å². The summed E-state index contributed by atoms with van der Waals surface area (Å²) < 4.78 is 0. The highest BCUT2D eigenvalue weighted by Crippen LogP contribution is 2.00. The van der Waals surface area contributed by atoms with Crippen LogP contribution in [0.25, 0.3) is 0 Å². The van der Waals surface area contributed by atoms with Crippen molar-refractivity contribution < 1.29 is 0 Å². The van der Waals surface area contributed by atoms with Crippen molar-refractivity contribution in [2.45, 2.75) is 26.2 Å². The van der Waals surface area contributed by atoms with Gasteiger partial charge >= 0.3 is 0 Å². The Morgan fingerprint density at radius 1 is 1.60 bits per heavy atom. The van der Waals surface area contributed by atoms with Crippen molar-refractivity contribution >= 4 is 0 Å². The Kier molecular flexibility index (Phi) is 5.94. The van der Waals surface area contributed by atoms with Gasteiger partial charge in [0.25, 0.3) is 0 Å². The van der Waals surface area contributed by atoms with Crippen LogP contribution in [-0.2, 0) is 0 Å². The summed E-state index contributed by atoms with van der Waals surface area (Å²) in [5.41, 5.74) is 1.13. The molecule has 0 fully saturated rings. The summed E-state index contributed by atoms with van der Waals surface area (Å²) in [4.78, 5) is 0. The minimum atomic E-state index is 0.836. The molecule has 0 heterocycles. The van der Waals surface area contributed by atoms with Gasteiger partial charge in [-0.2, -0.15) is 0 Å². The van der Waals surface area contributed by atoms with Gasteiger partial charge in [0, 0.05) is 12.2 Å². The van der Waals surface area contributed by atoms with Gasteiger partial charge in [-0.25, -0.2) is 0 Å². The van der Waals surface area contributed by atoms with Crippen molar-refractivity contribution in [3.63, 3.8) is 0 Å². The maximum atomic E-state index is 3.87. The molecule has 58 valence electrons. The average molecular weight is 139 g/mol. The van der Waals surface area contributed by atoms with Crippen LogP contribution in [0.5, 0.6) is 0 Å². The third-order valence-corrected chi connectivity index (χ3v) is 1.33. The van der Waals surface area contributed by atoms with E-state index in [-0.39, 0.29) is 0 Å². The molecule has 0 aliphatic rings. The second-order valence-corrected chi connectivity index (χ2v) is 2.38. The van der Waals surface area contributed by atoms with Crippen molar-refractivity contribution in [1.29, 1.82) is 0 Å². The Morgan fingerprint density at radius 3 is 2.80 bits per heavy atom. The molecule has 0 radical (unpaired) electrons. The van der Waals surface area contributed by atoms with Crippen LogP contribution in [0.15, 0.2) is 24.9 Å².